The Kier molecular flexibility index (Phi) is 8.11. The number of benzene rings is 2. The van der Waals surface area contributed by atoms with Crippen molar-refractivity contribution in [2.24, 2.45) is 0 Å². The van der Waals surface area contributed by atoms with Crippen LogP contribution in [0.3, 0.4) is 0 Å². The number of ether oxygens (including phenoxy) is 2. The smallest absolute Gasteiger partial charge is 0.318 e. The van der Waals surface area contributed by atoms with Crippen molar-refractivity contribution < 1.29 is 18.7 Å². The van der Waals surface area contributed by atoms with Gasteiger partial charge in [-0.1, -0.05) is 48.5 Å². The first-order chi connectivity index (χ1) is 21.9. The van der Waals surface area contributed by atoms with Crippen molar-refractivity contribution in [2.75, 3.05) is 44.2 Å². The summed E-state index contributed by atoms with van der Waals surface area (Å²) in [5, 5.41) is 12.2. The predicted molar refractivity (Wildman–Crippen MR) is 169 cm³/mol. The van der Waals surface area contributed by atoms with Crippen LogP contribution in [0.5, 0.6) is 6.01 Å². The van der Waals surface area contributed by atoms with E-state index in [0.29, 0.717) is 43.0 Å². The third-order valence-electron chi connectivity index (χ3n) is 9.99. The van der Waals surface area contributed by atoms with E-state index in [0.717, 1.165) is 53.5 Å². The molecule has 0 spiro atoms. The molecule has 1 aromatic heterocycles. The molecule has 9 nitrogen and oxygen atoms in total. The van der Waals surface area contributed by atoms with Crippen molar-refractivity contribution in [3.8, 4) is 12.1 Å². The number of carbonyl (C=O) groups excluding carboxylic acids is 1. The van der Waals surface area contributed by atoms with Crippen LogP contribution in [0.4, 0.5) is 10.2 Å². The van der Waals surface area contributed by atoms with Gasteiger partial charge >= 0.3 is 6.01 Å². The van der Waals surface area contributed by atoms with Gasteiger partial charge < -0.3 is 19.3 Å². The van der Waals surface area contributed by atoms with Gasteiger partial charge in [-0.05, 0) is 55.8 Å². The van der Waals surface area contributed by atoms with Gasteiger partial charge in [0.05, 0.1) is 42.5 Å². The number of aromatic nitrogens is 2. The minimum atomic E-state index is -1.03. The molecule has 11 heteroatoms. The molecule has 4 aliphatic rings. The highest BCUT2D eigenvalue weighted by molar-refractivity contribution is 6.35. The lowest BCUT2D eigenvalue weighted by atomic mass is 9.94. The fourth-order valence-electron chi connectivity index (χ4n) is 7.73. The molecule has 5 heterocycles. The number of piperazine rings is 1. The summed E-state index contributed by atoms with van der Waals surface area (Å²) in [6.45, 7) is 7.17. The van der Waals surface area contributed by atoms with E-state index in [-0.39, 0.29) is 31.2 Å². The number of rotatable bonds is 7. The zero-order chi connectivity index (χ0) is 31.1. The molecule has 1 amide bonds. The molecule has 2 aromatic carbocycles. The molecule has 0 N–H and O–H groups in total. The number of amides is 1. The predicted octanol–water partition coefficient (Wildman–Crippen LogP) is 5.52. The van der Waals surface area contributed by atoms with E-state index >= 15 is 0 Å². The second-order valence-corrected chi connectivity index (χ2v) is 12.9. The Morgan fingerprint density at radius 1 is 1.13 bits per heavy atom. The molecule has 4 aliphatic heterocycles. The molecule has 234 valence electrons. The molecule has 0 bridgehead atoms. The molecule has 45 heavy (non-hydrogen) atoms. The number of hydrogen-bond acceptors (Lipinski definition) is 8. The zero-order valence-electron chi connectivity index (χ0n) is 25.2. The van der Waals surface area contributed by atoms with E-state index in [4.69, 9.17) is 31.0 Å². The fourth-order valence-corrected chi connectivity index (χ4v) is 7.96. The molecule has 3 saturated heterocycles. The van der Waals surface area contributed by atoms with Crippen LogP contribution in [-0.2, 0) is 22.6 Å². The van der Waals surface area contributed by atoms with Crippen molar-refractivity contribution >= 4 is 34.1 Å². The number of fused-ring (bicyclic) bond motifs is 3. The van der Waals surface area contributed by atoms with Gasteiger partial charge in [0.1, 0.15) is 12.4 Å². The quantitative estimate of drug-likeness (QED) is 0.315. The minimum absolute atomic E-state index is 0.0337. The van der Waals surface area contributed by atoms with Gasteiger partial charge in [0.25, 0.3) is 5.91 Å². The Hall–Kier alpha value is -3.78. The van der Waals surface area contributed by atoms with E-state index in [1.54, 1.807) is 0 Å². The monoisotopic (exact) mass is 630 g/mol. The van der Waals surface area contributed by atoms with Crippen molar-refractivity contribution in [1.29, 1.82) is 5.26 Å². The second kappa shape index (κ2) is 12.2. The summed E-state index contributed by atoms with van der Waals surface area (Å²) in [6.07, 6.45) is 4.89. The molecule has 0 aliphatic carbocycles. The van der Waals surface area contributed by atoms with E-state index in [1.807, 2.05) is 30.3 Å². The van der Waals surface area contributed by atoms with Crippen LogP contribution in [0.25, 0.3) is 10.8 Å². The Morgan fingerprint density at radius 3 is 2.67 bits per heavy atom. The van der Waals surface area contributed by atoms with Crippen LogP contribution in [0.1, 0.15) is 55.0 Å². The number of nitrogens with zero attached hydrogens (tertiary/aromatic N) is 6. The summed E-state index contributed by atoms with van der Waals surface area (Å²) in [6, 6.07) is 13.9. The number of halogens is 2. The molecule has 0 saturated carbocycles. The van der Waals surface area contributed by atoms with E-state index in [9.17, 15) is 14.4 Å². The van der Waals surface area contributed by atoms with Crippen LogP contribution >= 0.6 is 11.6 Å². The minimum Gasteiger partial charge on any atom is -0.461 e. The van der Waals surface area contributed by atoms with Gasteiger partial charge in [0.15, 0.2) is 5.83 Å². The number of hydrogen-bond donors (Lipinski definition) is 0. The fraction of sp³-hybridized carbons (Fsp3) is 0.471. The van der Waals surface area contributed by atoms with E-state index < -0.39 is 17.8 Å². The summed E-state index contributed by atoms with van der Waals surface area (Å²) in [4.78, 5) is 28.5. The first-order valence-corrected chi connectivity index (χ1v) is 16.1. The summed E-state index contributed by atoms with van der Waals surface area (Å²) in [5.41, 5.74) is 2.79. The van der Waals surface area contributed by atoms with Crippen LogP contribution < -0.4 is 9.64 Å². The maximum absolute atomic E-state index is 13.8. The number of nitriles is 1. The zero-order valence-corrected chi connectivity index (χ0v) is 25.9. The summed E-state index contributed by atoms with van der Waals surface area (Å²) in [5.74, 6) is -1.12. The van der Waals surface area contributed by atoms with Gasteiger partial charge in [-0.25, -0.2) is 4.39 Å². The number of carbonyl (C=O) groups is 1. The van der Waals surface area contributed by atoms with Gasteiger partial charge in [-0.15, -0.1) is 0 Å². The highest BCUT2D eigenvalue weighted by atomic mass is 35.5. The average molecular weight is 631 g/mol. The maximum Gasteiger partial charge on any atom is 0.318 e. The van der Waals surface area contributed by atoms with E-state index in [2.05, 4.69) is 28.5 Å². The highest BCUT2D eigenvalue weighted by Gasteiger charge is 2.45. The van der Waals surface area contributed by atoms with Gasteiger partial charge in [0, 0.05) is 42.0 Å². The van der Waals surface area contributed by atoms with Gasteiger partial charge in [-0.2, -0.15) is 15.2 Å². The van der Waals surface area contributed by atoms with Crippen LogP contribution in [0, 0.1) is 11.3 Å². The van der Waals surface area contributed by atoms with Crippen molar-refractivity contribution in [3.63, 3.8) is 0 Å². The van der Waals surface area contributed by atoms with Crippen LogP contribution in [-0.4, -0.2) is 76.6 Å². The molecular weight excluding hydrogens is 595 g/mol. The Bertz CT molecular complexity index is 1680. The molecule has 3 fully saturated rings. The Morgan fingerprint density at radius 2 is 1.91 bits per heavy atom. The van der Waals surface area contributed by atoms with Crippen molar-refractivity contribution in [1.82, 2.24) is 19.8 Å². The average Bonchev–Trinajstić information content (AvgIpc) is 3.64. The Labute approximate surface area is 267 Å². The van der Waals surface area contributed by atoms with E-state index in [1.165, 1.54) is 17.7 Å². The second-order valence-electron chi connectivity index (χ2n) is 12.5. The largest absolute Gasteiger partial charge is 0.461 e. The summed E-state index contributed by atoms with van der Waals surface area (Å²) < 4.78 is 26.8. The van der Waals surface area contributed by atoms with Gasteiger partial charge in [0.2, 0.25) is 0 Å². The lowest BCUT2D eigenvalue weighted by Crippen LogP contribution is -2.55. The summed E-state index contributed by atoms with van der Waals surface area (Å²) >= 11 is 6.53. The van der Waals surface area contributed by atoms with Gasteiger partial charge in [-0.3, -0.25) is 9.69 Å². The normalized spacial score (nSPS) is 22.6. The molecule has 7 rings (SSSR count). The van der Waals surface area contributed by atoms with Crippen molar-refractivity contribution in [2.45, 2.75) is 62.8 Å². The summed E-state index contributed by atoms with van der Waals surface area (Å²) in [7, 11) is 0. The van der Waals surface area contributed by atoms with Crippen molar-refractivity contribution in [3.05, 3.63) is 70.6 Å². The maximum atomic E-state index is 13.8. The molecular formula is C34H36ClFN6O3. The molecule has 0 unspecified atom stereocenters. The first kappa shape index (κ1) is 29.9. The molecule has 2 atom stereocenters. The standard InChI is InChI=1S/C34H36ClFN6O3/c1-22(36)32(43)42-17-16-40(19-23(42)10-13-37)31-27-20-44-30(26-8-9-28(35)25-7-3-2-6-24(25)26)18-29(27)38-33(39-31)45-21-34-11-4-14-41(34)15-5-12-34/h2-3,6-9,23,30H,1,4-5,10-12,14-21H2/t23-,30-/m0/s1. The highest BCUT2D eigenvalue weighted by Crippen LogP contribution is 2.41. The van der Waals surface area contributed by atoms with Crippen LogP contribution in [0.15, 0.2) is 48.8 Å². The SMILES string of the molecule is C=C(F)C(=O)N1CCN(c2nc(OCC34CCCN3CCC4)nc3c2CO[C@H](c2ccc(Cl)c4ccccc24)C3)C[C@@H]1CC#N. The lowest BCUT2D eigenvalue weighted by molar-refractivity contribution is -0.131. The third-order valence-corrected chi connectivity index (χ3v) is 10.3. The lowest BCUT2D eigenvalue weighted by Gasteiger charge is -2.42. The van der Waals surface area contributed by atoms with Crippen LogP contribution in [0.2, 0.25) is 5.02 Å². The Balaban J connectivity index is 1.22. The first-order valence-electron chi connectivity index (χ1n) is 15.7. The molecule has 3 aromatic rings. The topological polar surface area (TPSA) is 94.8 Å². The third kappa shape index (κ3) is 5.51. The molecule has 0 radical (unpaired) electrons. The number of anilines is 1.